The van der Waals surface area contributed by atoms with Crippen LogP contribution in [-0.4, -0.2) is 9.78 Å². The Balaban J connectivity index is 3.10. The lowest BCUT2D eigenvalue weighted by molar-refractivity contribution is 0.342. The van der Waals surface area contributed by atoms with Crippen molar-refractivity contribution >= 4 is 0 Å². The van der Waals surface area contributed by atoms with Gasteiger partial charge in [0.1, 0.15) is 0 Å². The van der Waals surface area contributed by atoms with Crippen LogP contribution in [0.1, 0.15) is 45.4 Å². The van der Waals surface area contributed by atoms with Crippen molar-refractivity contribution in [2.24, 2.45) is 5.73 Å². The largest absolute Gasteiger partial charge is 0.326 e. The molecule has 14 heavy (non-hydrogen) atoms. The van der Waals surface area contributed by atoms with E-state index in [4.69, 9.17) is 5.73 Å². The van der Waals surface area contributed by atoms with E-state index in [1.165, 1.54) is 11.3 Å². The molecule has 3 heteroatoms. The molecule has 1 heterocycles. The second-order valence-electron chi connectivity index (χ2n) is 4.65. The highest BCUT2D eigenvalue weighted by Gasteiger charge is 2.19. The molecular formula is C11H21N3. The van der Waals surface area contributed by atoms with Crippen molar-refractivity contribution in [2.45, 2.75) is 52.6 Å². The Kier molecular flexibility index (Phi) is 3.32. The highest BCUT2D eigenvalue weighted by Crippen LogP contribution is 2.19. The molecule has 0 unspecified atom stereocenters. The van der Waals surface area contributed by atoms with Crippen LogP contribution in [0.4, 0.5) is 0 Å². The Morgan fingerprint density at radius 1 is 1.43 bits per heavy atom. The molecule has 0 aliphatic heterocycles. The average Bonchev–Trinajstić information content (AvgIpc) is 2.47. The fourth-order valence-electron chi connectivity index (χ4n) is 1.66. The van der Waals surface area contributed by atoms with Gasteiger partial charge in [-0.15, -0.1) is 0 Å². The van der Waals surface area contributed by atoms with Crippen LogP contribution >= 0.6 is 0 Å². The standard InChI is InChI=1S/C11H21N3/c1-5-6-10-9(7-12)8-13-14(10)11(2,3)4/h8H,5-7,12H2,1-4H3. The Morgan fingerprint density at radius 3 is 2.50 bits per heavy atom. The van der Waals surface area contributed by atoms with E-state index in [9.17, 15) is 0 Å². The maximum atomic E-state index is 5.68. The first kappa shape index (κ1) is 11.2. The van der Waals surface area contributed by atoms with E-state index in [1.807, 2.05) is 6.20 Å². The van der Waals surface area contributed by atoms with Crippen LogP contribution in [0.15, 0.2) is 6.20 Å². The van der Waals surface area contributed by atoms with Crippen molar-refractivity contribution in [3.05, 3.63) is 17.5 Å². The van der Waals surface area contributed by atoms with Crippen LogP contribution in [0.2, 0.25) is 0 Å². The van der Waals surface area contributed by atoms with Crippen molar-refractivity contribution < 1.29 is 0 Å². The average molecular weight is 195 g/mol. The van der Waals surface area contributed by atoms with E-state index in [1.54, 1.807) is 0 Å². The number of hydrogen-bond acceptors (Lipinski definition) is 2. The molecule has 3 nitrogen and oxygen atoms in total. The van der Waals surface area contributed by atoms with E-state index in [0.29, 0.717) is 6.54 Å². The molecule has 0 amide bonds. The SMILES string of the molecule is CCCc1c(CN)cnn1C(C)(C)C. The maximum Gasteiger partial charge on any atom is 0.0546 e. The molecule has 0 atom stereocenters. The van der Waals surface area contributed by atoms with Crippen LogP contribution in [0.25, 0.3) is 0 Å². The number of nitrogens with two attached hydrogens (primary N) is 1. The highest BCUT2D eigenvalue weighted by molar-refractivity contribution is 5.18. The predicted octanol–water partition coefficient (Wildman–Crippen LogP) is 2.05. The Labute approximate surface area is 86.3 Å². The molecular weight excluding hydrogens is 174 g/mol. The molecule has 2 N–H and O–H groups in total. The zero-order chi connectivity index (χ0) is 10.8. The van der Waals surface area contributed by atoms with Gasteiger partial charge >= 0.3 is 0 Å². The van der Waals surface area contributed by atoms with Gasteiger partial charge in [-0.05, 0) is 27.2 Å². The number of aromatic nitrogens is 2. The topological polar surface area (TPSA) is 43.8 Å². The summed E-state index contributed by atoms with van der Waals surface area (Å²) in [5.41, 5.74) is 8.21. The van der Waals surface area contributed by atoms with Gasteiger partial charge in [0.2, 0.25) is 0 Å². The van der Waals surface area contributed by atoms with Crippen molar-refractivity contribution in [1.29, 1.82) is 0 Å². The summed E-state index contributed by atoms with van der Waals surface area (Å²) in [6.07, 6.45) is 4.09. The molecule has 1 rings (SSSR count). The molecule has 0 saturated heterocycles. The smallest absolute Gasteiger partial charge is 0.0546 e. The second kappa shape index (κ2) is 4.13. The maximum absolute atomic E-state index is 5.68. The molecule has 0 aliphatic rings. The van der Waals surface area contributed by atoms with E-state index in [0.717, 1.165) is 12.8 Å². The Bertz CT molecular complexity index is 294. The van der Waals surface area contributed by atoms with Gasteiger partial charge in [-0.3, -0.25) is 4.68 Å². The van der Waals surface area contributed by atoms with Crippen LogP contribution in [-0.2, 0) is 18.5 Å². The quantitative estimate of drug-likeness (QED) is 0.802. The summed E-state index contributed by atoms with van der Waals surface area (Å²) in [4.78, 5) is 0. The summed E-state index contributed by atoms with van der Waals surface area (Å²) in [6.45, 7) is 9.27. The van der Waals surface area contributed by atoms with Gasteiger partial charge < -0.3 is 5.73 Å². The fraction of sp³-hybridized carbons (Fsp3) is 0.727. The summed E-state index contributed by atoms with van der Waals surface area (Å²) in [6, 6.07) is 0. The van der Waals surface area contributed by atoms with Crippen molar-refractivity contribution in [3.8, 4) is 0 Å². The first-order chi connectivity index (χ1) is 6.50. The molecule has 0 bridgehead atoms. The van der Waals surface area contributed by atoms with Gasteiger partial charge in [-0.25, -0.2) is 0 Å². The summed E-state index contributed by atoms with van der Waals surface area (Å²) < 4.78 is 2.10. The summed E-state index contributed by atoms with van der Waals surface area (Å²) in [7, 11) is 0. The van der Waals surface area contributed by atoms with E-state index < -0.39 is 0 Å². The summed E-state index contributed by atoms with van der Waals surface area (Å²) >= 11 is 0. The second-order valence-corrected chi connectivity index (χ2v) is 4.65. The number of nitrogens with zero attached hydrogens (tertiary/aromatic N) is 2. The zero-order valence-electron chi connectivity index (χ0n) is 9.67. The number of hydrogen-bond donors (Lipinski definition) is 1. The van der Waals surface area contributed by atoms with Crippen LogP contribution in [0.5, 0.6) is 0 Å². The van der Waals surface area contributed by atoms with Crippen LogP contribution in [0, 0.1) is 0 Å². The van der Waals surface area contributed by atoms with E-state index in [2.05, 4.69) is 37.5 Å². The lowest BCUT2D eigenvalue weighted by atomic mass is 10.1. The van der Waals surface area contributed by atoms with Crippen molar-refractivity contribution in [3.63, 3.8) is 0 Å². The first-order valence-electron chi connectivity index (χ1n) is 5.27. The molecule has 0 aromatic carbocycles. The summed E-state index contributed by atoms with van der Waals surface area (Å²) in [5, 5.41) is 4.41. The minimum atomic E-state index is 0.0535. The normalized spacial score (nSPS) is 12.1. The monoisotopic (exact) mass is 195 g/mol. The Hall–Kier alpha value is -0.830. The first-order valence-corrected chi connectivity index (χ1v) is 5.27. The van der Waals surface area contributed by atoms with E-state index in [-0.39, 0.29) is 5.54 Å². The minimum Gasteiger partial charge on any atom is -0.326 e. The lowest BCUT2D eigenvalue weighted by Gasteiger charge is -2.22. The lowest BCUT2D eigenvalue weighted by Crippen LogP contribution is -2.25. The highest BCUT2D eigenvalue weighted by atomic mass is 15.3. The molecule has 0 saturated carbocycles. The molecule has 0 aliphatic carbocycles. The summed E-state index contributed by atoms with van der Waals surface area (Å²) in [5.74, 6) is 0. The third kappa shape index (κ3) is 2.15. The van der Waals surface area contributed by atoms with Gasteiger partial charge in [0.15, 0.2) is 0 Å². The van der Waals surface area contributed by atoms with Crippen LogP contribution in [0.3, 0.4) is 0 Å². The molecule has 0 fully saturated rings. The van der Waals surface area contributed by atoms with Gasteiger partial charge in [0, 0.05) is 17.8 Å². The van der Waals surface area contributed by atoms with Crippen molar-refractivity contribution in [2.75, 3.05) is 0 Å². The predicted molar refractivity (Wildman–Crippen MR) is 59.1 cm³/mol. The van der Waals surface area contributed by atoms with Crippen molar-refractivity contribution in [1.82, 2.24) is 9.78 Å². The van der Waals surface area contributed by atoms with Crippen LogP contribution < -0.4 is 5.73 Å². The molecule has 0 spiro atoms. The molecule has 80 valence electrons. The van der Waals surface area contributed by atoms with Gasteiger partial charge in [0.05, 0.1) is 11.7 Å². The van der Waals surface area contributed by atoms with Gasteiger partial charge in [-0.2, -0.15) is 5.10 Å². The van der Waals surface area contributed by atoms with Gasteiger partial charge in [0.25, 0.3) is 0 Å². The Morgan fingerprint density at radius 2 is 2.07 bits per heavy atom. The molecule has 1 aromatic heterocycles. The van der Waals surface area contributed by atoms with E-state index >= 15 is 0 Å². The zero-order valence-corrected chi connectivity index (χ0v) is 9.67. The number of rotatable bonds is 3. The fourth-order valence-corrected chi connectivity index (χ4v) is 1.66. The van der Waals surface area contributed by atoms with Gasteiger partial charge in [-0.1, -0.05) is 13.3 Å². The third-order valence-corrected chi connectivity index (χ3v) is 2.30. The minimum absolute atomic E-state index is 0.0535. The molecule has 1 aromatic rings. The molecule has 0 radical (unpaired) electrons. The third-order valence-electron chi connectivity index (χ3n) is 2.30.